The first kappa shape index (κ1) is 15.0. The molecule has 0 amide bonds. The Bertz CT molecular complexity index is 401. The predicted octanol–water partition coefficient (Wildman–Crippen LogP) is 4.73. The molecule has 17 heavy (non-hydrogen) atoms. The van der Waals surface area contributed by atoms with Crippen molar-refractivity contribution in [2.24, 2.45) is 0 Å². The lowest BCUT2D eigenvalue weighted by atomic mass is 10.1. The zero-order valence-electron chi connectivity index (χ0n) is 10.2. The van der Waals surface area contributed by atoms with Gasteiger partial charge in [-0.1, -0.05) is 39.0 Å². The molecule has 0 saturated carbocycles. The second-order valence-electron chi connectivity index (χ2n) is 4.27. The molecule has 0 atom stereocenters. The molecule has 0 saturated heterocycles. The van der Waals surface area contributed by atoms with Gasteiger partial charge < -0.3 is 4.57 Å². The lowest BCUT2D eigenvalue weighted by Crippen LogP contribution is -2.20. The maximum absolute atomic E-state index is 11.8. The zero-order valence-corrected chi connectivity index (χ0v) is 13.4. The van der Waals surface area contributed by atoms with E-state index >= 15 is 0 Å². The Hall–Kier alpha value is -0.0900. The van der Waals surface area contributed by atoms with E-state index in [4.69, 9.17) is 0 Å². The summed E-state index contributed by atoms with van der Waals surface area (Å²) in [6.45, 7) is 3.03. The Kier molecular flexibility index (Phi) is 7.12. The van der Waals surface area contributed by atoms with Crippen LogP contribution in [0.25, 0.3) is 0 Å². The minimum Gasteiger partial charge on any atom is -0.313 e. The van der Waals surface area contributed by atoms with Gasteiger partial charge in [-0.15, -0.1) is 0 Å². The van der Waals surface area contributed by atoms with Crippen LogP contribution in [0.5, 0.6) is 0 Å². The summed E-state index contributed by atoms with van der Waals surface area (Å²) in [6, 6.07) is 1.79. The summed E-state index contributed by atoms with van der Waals surface area (Å²) in [6.07, 6.45) is 9.33. The van der Waals surface area contributed by atoms with Gasteiger partial charge in [-0.05, 0) is 44.3 Å². The molecule has 0 aromatic carbocycles. The second kappa shape index (κ2) is 8.09. The molecular formula is C13H19Br2NO. The van der Waals surface area contributed by atoms with Gasteiger partial charge in [0, 0.05) is 17.2 Å². The first-order valence-corrected chi connectivity index (χ1v) is 7.79. The van der Waals surface area contributed by atoms with Crippen LogP contribution in [-0.4, -0.2) is 4.57 Å². The van der Waals surface area contributed by atoms with Crippen LogP contribution in [0.1, 0.15) is 45.4 Å². The third-order valence-electron chi connectivity index (χ3n) is 2.76. The molecule has 0 radical (unpaired) electrons. The van der Waals surface area contributed by atoms with Gasteiger partial charge in [0.05, 0.1) is 4.47 Å². The van der Waals surface area contributed by atoms with Crippen molar-refractivity contribution in [2.75, 3.05) is 0 Å². The van der Waals surface area contributed by atoms with E-state index in [0.717, 1.165) is 17.4 Å². The van der Waals surface area contributed by atoms with Crippen molar-refractivity contribution in [3.63, 3.8) is 0 Å². The minimum atomic E-state index is 0.0572. The van der Waals surface area contributed by atoms with Crippen molar-refractivity contribution in [1.82, 2.24) is 4.57 Å². The van der Waals surface area contributed by atoms with E-state index in [2.05, 4.69) is 38.8 Å². The van der Waals surface area contributed by atoms with E-state index in [1.807, 2.05) is 6.20 Å². The number of aryl methyl sites for hydroxylation is 1. The molecule has 0 aliphatic heterocycles. The first-order chi connectivity index (χ1) is 8.15. The molecule has 0 bridgehead atoms. The molecule has 0 spiro atoms. The third-order valence-corrected chi connectivity index (χ3v) is 3.76. The molecule has 0 N–H and O–H groups in total. The van der Waals surface area contributed by atoms with Crippen LogP contribution >= 0.6 is 31.9 Å². The SMILES string of the molecule is CCCCCCCCn1cc(Br)cc(Br)c1=O. The number of rotatable bonds is 7. The summed E-state index contributed by atoms with van der Waals surface area (Å²) in [5, 5.41) is 0. The largest absolute Gasteiger partial charge is 0.313 e. The number of halogens is 2. The molecule has 2 nitrogen and oxygen atoms in total. The van der Waals surface area contributed by atoms with Crippen molar-refractivity contribution in [3.8, 4) is 0 Å². The highest BCUT2D eigenvalue weighted by molar-refractivity contribution is 9.11. The van der Waals surface area contributed by atoms with Crippen molar-refractivity contribution in [2.45, 2.75) is 52.0 Å². The van der Waals surface area contributed by atoms with Crippen LogP contribution in [0, 0.1) is 0 Å². The Labute approximate surface area is 120 Å². The fraction of sp³-hybridized carbons (Fsp3) is 0.615. The van der Waals surface area contributed by atoms with Gasteiger partial charge in [-0.3, -0.25) is 4.79 Å². The Morgan fingerprint density at radius 3 is 2.47 bits per heavy atom. The van der Waals surface area contributed by atoms with Crippen LogP contribution in [-0.2, 0) is 6.54 Å². The van der Waals surface area contributed by atoms with Crippen LogP contribution in [0.2, 0.25) is 0 Å². The van der Waals surface area contributed by atoms with Crippen LogP contribution in [0.4, 0.5) is 0 Å². The van der Waals surface area contributed by atoms with Crippen LogP contribution in [0.15, 0.2) is 26.0 Å². The Morgan fingerprint density at radius 1 is 1.12 bits per heavy atom. The summed E-state index contributed by atoms with van der Waals surface area (Å²) in [7, 11) is 0. The number of hydrogen-bond acceptors (Lipinski definition) is 1. The molecule has 1 aromatic heterocycles. The van der Waals surface area contributed by atoms with Gasteiger partial charge in [-0.25, -0.2) is 0 Å². The quantitative estimate of drug-likeness (QED) is 0.641. The molecule has 1 rings (SSSR count). The summed E-state index contributed by atoms with van der Waals surface area (Å²) >= 11 is 6.68. The summed E-state index contributed by atoms with van der Waals surface area (Å²) in [5.41, 5.74) is 0.0572. The average molecular weight is 365 g/mol. The maximum atomic E-state index is 11.8. The second-order valence-corrected chi connectivity index (χ2v) is 6.04. The Morgan fingerprint density at radius 2 is 1.76 bits per heavy atom. The smallest absolute Gasteiger partial charge is 0.264 e. The van der Waals surface area contributed by atoms with Gasteiger partial charge in [0.2, 0.25) is 0 Å². The number of hydrogen-bond donors (Lipinski definition) is 0. The molecule has 0 unspecified atom stereocenters. The molecule has 96 valence electrons. The van der Waals surface area contributed by atoms with Crippen molar-refractivity contribution >= 4 is 31.9 Å². The van der Waals surface area contributed by atoms with Gasteiger partial charge in [0.1, 0.15) is 0 Å². The van der Waals surface area contributed by atoms with Gasteiger partial charge in [0.15, 0.2) is 0 Å². The molecule has 1 aromatic rings. The molecule has 0 fully saturated rings. The Balaban J connectivity index is 2.39. The topological polar surface area (TPSA) is 22.0 Å². The first-order valence-electron chi connectivity index (χ1n) is 6.20. The molecular weight excluding hydrogens is 346 g/mol. The predicted molar refractivity (Wildman–Crippen MR) is 79.5 cm³/mol. The fourth-order valence-corrected chi connectivity index (χ4v) is 3.05. The minimum absolute atomic E-state index is 0.0572. The third kappa shape index (κ3) is 5.38. The zero-order chi connectivity index (χ0) is 12.7. The van der Waals surface area contributed by atoms with E-state index < -0.39 is 0 Å². The highest BCUT2D eigenvalue weighted by Crippen LogP contribution is 2.13. The summed E-state index contributed by atoms with van der Waals surface area (Å²) in [4.78, 5) is 11.8. The van der Waals surface area contributed by atoms with E-state index in [1.54, 1.807) is 10.6 Å². The summed E-state index contributed by atoms with van der Waals surface area (Å²) in [5.74, 6) is 0. The van der Waals surface area contributed by atoms with E-state index in [1.165, 1.54) is 32.1 Å². The standard InChI is InChI=1S/C13H19Br2NO/c1-2-3-4-5-6-7-8-16-10-11(14)9-12(15)13(16)17/h9-10H,2-8H2,1H3. The van der Waals surface area contributed by atoms with Gasteiger partial charge in [-0.2, -0.15) is 0 Å². The fourth-order valence-electron chi connectivity index (χ4n) is 1.79. The van der Waals surface area contributed by atoms with Crippen LogP contribution < -0.4 is 5.56 Å². The number of nitrogens with zero attached hydrogens (tertiary/aromatic N) is 1. The molecule has 0 aliphatic rings. The highest BCUT2D eigenvalue weighted by Gasteiger charge is 2.02. The number of aromatic nitrogens is 1. The van der Waals surface area contributed by atoms with Crippen molar-refractivity contribution in [3.05, 3.63) is 31.6 Å². The molecule has 1 heterocycles. The van der Waals surface area contributed by atoms with E-state index in [9.17, 15) is 4.79 Å². The van der Waals surface area contributed by atoms with E-state index in [0.29, 0.717) is 4.47 Å². The summed E-state index contributed by atoms with van der Waals surface area (Å²) < 4.78 is 3.33. The lowest BCUT2D eigenvalue weighted by molar-refractivity contribution is 0.548. The number of unbranched alkanes of at least 4 members (excludes halogenated alkanes) is 5. The van der Waals surface area contributed by atoms with E-state index in [-0.39, 0.29) is 5.56 Å². The monoisotopic (exact) mass is 363 g/mol. The maximum Gasteiger partial charge on any atom is 0.264 e. The lowest BCUT2D eigenvalue weighted by Gasteiger charge is -2.07. The average Bonchev–Trinajstić information content (AvgIpc) is 2.29. The molecule has 4 heteroatoms. The van der Waals surface area contributed by atoms with Crippen molar-refractivity contribution in [1.29, 1.82) is 0 Å². The van der Waals surface area contributed by atoms with Crippen molar-refractivity contribution < 1.29 is 0 Å². The van der Waals surface area contributed by atoms with Crippen LogP contribution in [0.3, 0.4) is 0 Å². The normalized spacial score (nSPS) is 10.8. The highest BCUT2D eigenvalue weighted by atomic mass is 79.9. The molecule has 0 aliphatic carbocycles. The van der Waals surface area contributed by atoms with Gasteiger partial charge >= 0.3 is 0 Å². The van der Waals surface area contributed by atoms with Gasteiger partial charge in [0.25, 0.3) is 5.56 Å². The number of pyridine rings is 1.